The summed E-state index contributed by atoms with van der Waals surface area (Å²) < 4.78 is 15.7. The van der Waals surface area contributed by atoms with Crippen LogP contribution in [0, 0.1) is 13.1 Å². The van der Waals surface area contributed by atoms with Gasteiger partial charge in [0, 0.05) is 42.4 Å². The van der Waals surface area contributed by atoms with E-state index in [0.717, 1.165) is 81.0 Å². The van der Waals surface area contributed by atoms with Crippen LogP contribution in [-0.2, 0) is 25.7 Å². The van der Waals surface area contributed by atoms with E-state index >= 15 is 0 Å². The molecule has 10 nitrogen and oxygen atoms in total. The van der Waals surface area contributed by atoms with Gasteiger partial charge in [-0.05, 0) is 115 Å². The van der Waals surface area contributed by atoms with Crippen LogP contribution in [0.5, 0.6) is 0 Å². The number of aromatic nitrogens is 6. The Morgan fingerprint density at radius 1 is 0.846 bits per heavy atom. The predicted molar refractivity (Wildman–Crippen MR) is 157 cm³/mol. The molecule has 39 heavy (non-hydrogen) atoms. The fourth-order valence-corrected chi connectivity index (χ4v) is 5.36. The maximum absolute atomic E-state index is 12.1. The van der Waals surface area contributed by atoms with E-state index in [9.17, 15) is 19.1 Å². The van der Waals surface area contributed by atoms with Gasteiger partial charge in [0.25, 0.3) is 0 Å². The zero-order valence-electron chi connectivity index (χ0n) is 20.7. The van der Waals surface area contributed by atoms with Crippen LogP contribution in [0.25, 0.3) is 5.82 Å². The van der Waals surface area contributed by atoms with Crippen molar-refractivity contribution < 1.29 is 24.2 Å². The SMILES string of the molecule is Fc1cc(I)ccn1.O=C(O)c1n[nH]c2c1CCCC2.O=C(O)c1nn(-c2cc(I)ccn2)c2c1CCCC2. The molecule has 0 aromatic carbocycles. The zero-order valence-corrected chi connectivity index (χ0v) is 25.0. The smallest absolute Gasteiger partial charge is 0.356 e. The van der Waals surface area contributed by atoms with Crippen molar-refractivity contribution in [3.8, 4) is 5.82 Å². The lowest BCUT2D eigenvalue weighted by Crippen LogP contribution is -2.09. The Bertz CT molecular complexity index is 1470. The molecule has 0 saturated carbocycles. The standard InChI is InChI=1S/C13H12IN3O2.C8H10N2O2.C5H3FIN/c14-8-5-6-15-11(7-8)17-10-4-2-1-3-9(10)12(16-17)13(18)19;11-8(12)7-5-3-1-2-4-6(5)9-10-7;6-5-3-4(7)1-2-8-5/h5-7H,1-4H2,(H,18,19);1-4H2,(H,9,10)(H,11,12);1-3H. The van der Waals surface area contributed by atoms with Crippen LogP contribution in [0.4, 0.5) is 4.39 Å². The highest BCUT2D eigenvalue weighted by Crippen LogP contribution is 2.27. The second-order valence-electron chi connectivity index (χ2n) is 8.87. The summed E-state index contributed by atoms with van der Waals surface area (Å²) in [6.07, 6.45) is 10.9. The van der Waals surface area contributed by atoms with E-state index in [2.05, 4.69) is 47.9 Å². The van der Waals surface area contributed by atoms with Gasteiger partial charge in [-0.1, -0.05) is 0 Å². The first-order valence-electron chi connectivity index (χ1n) is 12.3. The second kappa shape index (κ2) is 13.4. The van der Waals surface area contributed by atoms with E-state index in [4.69, 9.17) is 5.11 Å². The lowest BCUT2D eigenvalue weighted by Gasteiger charge is -2.13. The first-order chi connectivity index (χ1) is 18.7. The van der Waals surface area contributed by atoms with Crippen LogP contribution in [0.3, 0.4) is 0 Å². The van der Waals surface area contributed by atoms with Crippen LogP contribution in [0.15, 0.2) is 36.7 Å². The van der Waals surface area contributed by atoms with E-state index in [1.165, 1.54) is 12.3 Å². The van der Waals surface area contributed by atoms with Crippen molar-refractivity contribution in [2.24, 2.45) is 0 Å². The molecule has 0 spiro atoms. The van der Waals surface area contributed by atoms with Crippen LogP contribution in [0.2, 0.25) is 0 Å². The molecule has 2 aliphatic carbocycles. The number of carboxylic acids is 2. The molecular formula is C26H25FI2N6O4. The Morgan fingerprint density at radius 2 is 1.46 bits per heavy atom. The first-order valence-corrected chi connectivity index (χ1v) is 14.4. The Balaban J connectivity index is 0.000000150. The van der Waals surface area contributed by atoms with Gasteiger partial charge in [0.05, 0.1) is 5.69 Å². The molecule has 0 saturated heterocycles. The van der Waals surface area contributed by atoms with Crippen molar-refractivity contribution in [3.05, 3.63) is 83.6 Å². The van der Waals surface area contributed by atoms with Gasteiger partial charge in [-0.25, -0.2) is 24.2 Å². The van der Waals surface area contributed by atoms with Crippen molar-refractivity contribution in [2.45, 2.75) is 51.4 Å². The molecular weight excluding hydrogens is 733 g/mol. The monoisotopic (exact) mass is 758 g/mol. The average molecular weight is 758 g/mol. The van der Waals surface area contributed by atoms with Crippen LogP contribution in [0.1, 0.15) is 69.2 Å². The lowest BCUT2D eigenvalue weighted by atomic mass is 9.96. The molecule has 4 aromatic heterocycles. The molecule has 204 valence electrons. The number of fused-ring (bicyclic) bond motifs is 2. The molecule has 0 unspecified atom stereocenters. The number of hydrogen-bond acceptors (Lipinski definition) is 6. The summed E-state index contributed by atoms with van der Waals surface area (Å²) in [6.45, 7) is 0. The van der Waals surface area contributed by atoms with E-state index in [1.807, 2.05) is 34.7 Å². The van der Waals surface area contributed by atoms with Gasteiger partial charge < -0.3 is 10.2 Å². The highest BCUT2D eigenvalue weighted by molar-refractivity contribution is 14.1. The number of carboxylic acid groups (broad SMARTS) is 2. The topological polar surface area (TPSA) is 147 Å². The fourth-order valence-electron chi connectivity index (χ4n) is 4.51. The van der Waals surface area contributed by atoms with Crippen molar-refractivity contribution in [1.82, 2.24) is 29.9 Å². The minimum Gasteiger partial charge on any atom is -0.476 e. The molecule has 0 fully saturated rings. The molecule has 0 atom stereocenters. The number of aromatic carboxylic acids is 2. The third kappa shape index (κ3) is 7.38. The number of hydrogen-bond donors (Lipinski definition) is 3. The Labute approximate surface area is 250 Å². The first kappa shape index (κ1) is 29.0. The maximum Gasteiger partial charge on any atom is 0.356 e. The van der Waals surface area contributed by atoms with E-state index in [1.54, 1.807) is 16.9 Å². The number of aryl methyl sites for hydroxylation is 1. The Hall–Kier alpha value is -2.95. The molecule has 0 aliphatic heterocycles. The summed E-state index contributed by atoms with van der Waals surface area (Å²) in [7, 11) is 0. The van der Waals surface area contributed by atoms with Crippen LogP contribution < -0.4 is 0 Å². The Morgan fingerprint density at radius 3 is 2.08 bits per heavy atom. The third-order valence-electron chi connectivity index (χ3n) is 6.25. The number of nitrogens with zero attached hydrogens (tertiary/aromatic N) is 5. The van der Waals surface area contributed by atoms with E-state index < -0.39 is 17.9 Å². The molecule has 13 heteroatoms. The summed E-state index contributed by atoms with van der Waals surface area (Å²) in [6, 6.07) is 6.93. The minimum absolute atomic E-state index is 0.176. The largest absolute Gasteiger partial charge is 0.476 e. The molecule has 4 heterocycles. The van der Waals surface area contributed by atoms with Crippen molar-refractivity contribution >= 4 is 57.1 Å². The Kier molecular flexibility index (Phi) is 9.99. The highest BCUT2D eigenvalue weighted by Gasteiger charge is 2.25. The van der Waals surface area contributed by atoms with Gasteiger partial charge in [0.2, 0.25) is 5.95 Å². The van der Waals surface area contributed by atoms with Gasteiger partial charge >= 0.3 is 11.9 Å². The zero-order chi connectivity index (χ0) is 27.9. The van der Waals surface area contributed by atoms with Crippen molar-refractivity contribution in [2.75, 3.05) is 0 Å². The molecule has 4 aromatic rings. The number of aromatic amines is 1. The maximum atomic E-state index is 12.1. The molecule has 6 rings (SSSR count). The quantitative estimate of drug-likeness (QED) is 0.190. The normalized spacial score (nSPS) is 13.6. The fraction of sp³-hybridized carbons (Fsp3) is 0.308. The summed E-state index contributed by atoms with van der Waals surface area (Å²) in [5, 5.41) is 28.8. The van der Waals surface area contributed by atoms with E-state index in [-0.39, 0.29) is 11.4 Å². The van der Waals surface area contributed by atoms with Crippen molar-refractivity contribution in [1.29, 1.82) is 0 Å². The second-order valence-corrected chi connectivity index (χ2v) is 11.4. The van der Waals surface area contributed by atoms with Gasteiger partial charge in [0.1, 0.15) is 0 Å². The van der Waals surface area contributed by atoms with Crippen molar-refractivity contribution in [3.63, 3.8) is 0 Å². The average Bonchev–Trinajstić information content (AvgIpc) is 3.52. The molecule has 0 bridgehead atoms. The highest BCUT2D eigenvalue weighted by atomic mass is 127. The van der Waals surface area contributed by atoms with Crippen LogP contribution in [-0.4, -0.2) is 52.1 Å². The number of carbonyl (C=O) groups is 2. The number of nitrogens with one attached hydrogen (secondary N) is 1. The molecule has 2 aliphatic rings. The van der Waals surface area contributed by atoms with E-state index in [0.29, 0.717) is 5.82 Å². The molecule has 3 N–H and O–H groups in total. The summed E-state index contributed by atoms with van der Waals surface area (Å²) in [5.41, 5.74) is 4.19. The predicted octanol–water partition coefficient (Wildman–Crippen LogP) is 5.26. The number of pyridine rings is 2. The van der Waals surface area contributed by atoms with Gasteiger partial charge in [0.15, 0.2) is 17.2 Å². The number of rotatable bonds is 3. The lowest BCUT2D eigenvalue weighted by molar-refractivity contribution is 0.0678. The van der Waals surface area contributed by atoms with Gasteiger partial charge in [-0.15, -0.1) is 0 Å². The van der Waals surface area contributed by atoms with Crippen LogP contribution >= 0.6 is 45.2 Å². The van der Waals surface area contributed by atoms with Gasteiger partial charge in [-0.2, -0.15) is 14.6 Å². The summed E-state index contributed by atoms with van der Waals surface area (Å²) in [5.74, 6) is -1.61. The third-order valence-corrected chi connectivity index (χ3v) is 7.60. The number of halogens is 3. The summed E-state index contributed by atoms with van der Waals surface area (Å²) in [4.78, 5) is 29.6. The van der Waals surface area contributed by atoms with Gasteiger partial charge in [-0.3, -0.25) is 5.10 Å². The summed E-state index contributed by atoms with van der Waals surface area (Å²) >= 11 is 4.24. The molecule has 0 amide bonds. The molecule has 0 radical (unpaired) electrons. The number of H-pyrrole nitrogens is 1. The minimum atomic E-state index is -0.956.